The van der Waals surface area contributed by atoms with E-state index in [0.717, 1.165) is 6.92 Å². The third kappa shape index (κ3) is 31.9. The van der Waals surface area contributed by atoms with Gasteiger partial charge in [0.2, 0.25) is 0 Å². The van der Waals surface area contributed by atoms with Crippen LogP contribution in [0.25, 0.3) is 0 Å². The maximum atomic E-state index is 9.13. The summed E-state index contributed by atoms with van der Waals surface area (Å²) in [4.78, 5) is 0. The van der Waals surface area contributed by atoms with E-state index in [4.69, 9.17) is 22.8 Å². The molecule has 0 aliphatic carbocycles. The molecule has 0 rings (SSSR count). The van der Waals surface area contributed by atoms with E-state index in [1.807, 2.05) is 20.8 Å². The van der Waals surface area contributed by atoms with Crippen LogP contribution in [0.5, 0.6) is 0 Å². The lowest BCUT2D eigenvalue weighted by Gasteiger charge is -2.30. The number of hydrogen-bond donors (Lipinski definition) is 1. The van der Waals surface area contributed by atoms with E-state index in [2.05, 4.69) is 0 Å². The Hall–Kier alpha value is -0.120. The highest BCUT2D eigenvalue weighted by Crippen LogP contribution is 2.18. The predicted molar refractivity (Wildman–Crippen MR) is 84.5 cm³/mol. The summed E-state index contributed by atoms with van der Waals surface area (Å²) in [5.41, 5.74) is -3.23. The standard InChI is InChI=1S/C8H18O.C7H16O2.CH4/c1-7(2,3)9-8(4,5)6;1-6(2,3)9-7(4,5)8;/h1-6H3;8H,1-5H3;1H4/i1D3,2D3;;. The van der Waals surface area contributed by atoms with Gasteiger partial charge in [0.05, 0.1) is 16.8 Å². The highest BCUT2D eigenvalue weighted by molar-refractivity contribution is 4.68. The fourth-order valence-electron chi connectivity index (χ4n) is 1.36. The smallest absolute Gasteiger partial charge is 0.160 e. The van der Waals surface area contributed by atoms with Crippen molar-refractivity contribution >= 4 is 0 Å². The second kappa shape index (κ2) is 7.61. The molecule has 1 N–H and O–H groups in total. The second-order valence-corrected chi connectivity index (χ2v) is 6.91. The summed E-state index contributed by atoms with van der Waals surface area (Å²) in [7, 11) is 0. The Labute approximate surface area is 130 Å². The molecule has 0 aliphatic rings. The molecule has 3 nitrogen and oxygen atoms in total. The molecule has 0 heterocycles. The zero-order chi connectivity index (χ0) is 20.4. The van der Waals surface area contributed by atoms with Gasteiger partial charge in [-0.15, -0.1) is 0 Å². The summed E-state index contributed by atoms with van der Waals surface area (Å²) in [5, 5.41) is 9.13. The van der Waals surface area contributed by atoms with Crippen LogP contribution >= 0.6 is 0 Å². The molecule has 0 aliphatic heterocycles. The fraction of sp³-hybridized carbons (Fsp3) is 1.00. The second-order valence-electron chi connectivity index (χ2n) is 6.91. The lowest BCUT2D eigenvalue weighted by Crippen LogP contribution is -2.34. The molecule has 0 fully saturated rings. The molecule has 0 atom stereocenters. The van der Waals surface area contributed by atoms with Crippen LogP contribution in [0.3, 0.4) is 0 Å². The van der Waals surface area contributed by atoms with Gasteiger partial charge in [-0.1, -0.05) is 7.43 Å². The first-order chi connectivity index (χ1) is 9.91. The third-order valence-electron chi connectivity index (χ3n) is 1.07. The largest absolute Gasteiger partial charge is 0.370 e. The molecule has 0 amide bonds. The lowest BCUT2D eigenvalue weighted by atomic mass is 10.1. The van der Waals surface area contributed by atoms with Crippen LogP contribution in [-0.4, -0.2) is 27.7 Å². The van der Waals surface area contributed by atoms with Crippen molar-refractivity contribution in [2.45, 2.75) is 106 Å². The fourth-order valence-corrected chi connectivity index (χ4v) is 1.36. The lowest BCUT2D eigenvalue weighted by molar-refractivity contribution is -0.229. The minimum Gasteiger partial charge on any atom is -0.370 e. The van der Waals surface area contributed by atoms with Crippen LogP contribution in [-0.2, 0) is 9.47 Å². The van der Waals surface area contributed by atoms with Crippen molar-refractivity contribution in [3.63, 3.8) is 0 Å². The van der Waals surface area contributed by atoms with E-state index in [0.29, 0.717) is 0 Å². The Bertz CT molecular complexity index is 355. The molecule has 0 saturated carbocycles. The molecule has 0 saturated heterocycles. The molecule has 0 unspecified atom stereocenters. The van der Waals surface area contributed by atoms with Gasteiger partial charge in [0.25, 0.3) is 0 Å². The average Bonchev–Trinajstić information content (AvgIpc) is 2.04. The van der Waals surface area contributed by atoms with Crippen molar-refractivity contribution in [2.75, 3.05) is 0 Å². The van der Waals surface area contributed by atoms with Crippen LogP contribution in [0.4, 0.5) is 0 Å². The summed E-state index contributed by atoms with van der Waals surface area (Å²) < 4.78 is 54.0. The Morgan fingerprint density at radius 3 is 1.05 bits per heavy atom. The van der Waals surface area contributed by atoms with Crippen molar-refractivity contribution < 1.29 is 22.8 Å². The Balaban J connectivity index is -0.000000418. The summed E-state index contributed by atoms with van der Waals surface area (Å²) in [6, 6.07) is 0. The SMILES string of the molecule is C.CC(C)(C)OC(C)(C)O.[2H]C([2H])([2H])C(C)(OC(C)(C)C)C([2H])([2H])[2H]. The quantitative estimate of drug-likeness (QED) is 0.705. The molecular formula is C16H38O3. The first-order valence-corrected chi connectivity index (χ1v) is 6.04. The maximum absolute atomic E-state index is 9.13. The zero-order valence-electron chi connectivity index (χ0n) is 19.3. The number of aliphatic hydroxyl groups is 1. The van der Waals surface area contributed by atoms with E-state index >= 15 is 0 Å². The van der Waals surface area contributed by atoms with E-state index in [1.165, 1.54) is 0 Å². The number of ether oxygens (including phenoxy) is 2. The van der Waals surface area contributed by atoms with Gasteiger partial charge in [-0.2, -0.15) is 0 Å². The monoisotopic (exact) mass is 284 g/mol. The van der Waals surface area contributed by atoms with Gasteiger partial charge in [-0.25, -0.2) is 0 Å². The van der Waals surface area contributed by atoms with E-state index < -0.39 is 30.7 Å². The molecule has 0 radical (unpaired) electrons. The molecule has 19 heavy (non-hydrogen) atoms. The molecule has 0 aromatic heterocycles. The molecule has 0 aromatic carbocycles. The predicted octanol–water partition coefficient (Wildman–Crippen LogP) is 4.77. The van der Waals surface area contributed by atoms with Crippen LogP contribution in [0.2, 0.25) is 0 Å². The average molecular weight is 285 g/mol. The van der Waals surface area contributed by atoms with Crippen LogP contribution in [0.1, 0.15) is 91.7 Å². The van der Waals surface area contributed by atoms with E-state index in [1.54, 1.807) is 34.6 Å². The summed E-state index contributed by atoms with van der Waals surface area (Å²) in [5.74, 6) is -1.02. The van der Waals surface area contributed by atoms with Crippen molar-refractivity contribution in [2.24, 2.45) is 0 Å². The van der Waals surface area contributed by atoms with Gasteiger partial charge >= 0.3 is 0 Å². The highest BCUT2D eigenvalue weighted by atomic mass is 16.6. The first-order valence-electron chi connectivity index (χ1n) is 9.04. The molecule has 3 heteroatoms. The summed E-state index contributed by atoms with van der Waals surface area (Å²) in [6.07, 6.45) is 0. The van der Waals surface area contributed by atoms with Gasteiger partial charge in [-0.3, -0.25) is 0 Å². The van der Waals surface area contributed by atoms with Crippen molar-refractivity contribution in [3.8, 4) is 0 Å². The van der Waals surface area contributed by atoms with Crippen LogP contribution < -0.4 is 0 Å². The maximum Gasteiger partial charge on any atom is 0.160 e. The zero-order valence-corrected chi connectivity index (χ0v) is 13.3. The minimum absolute atomic E-state index is 0. The van der Waals surface area contributed by atoms with Gasteiger partial charge in [-0.05, 0) is 76.0 Å². The molecule has 0 bridgehead atoms. The van der Waals surface area contributed by atoms with Crippen LogP contribution in [0, 0.1) is 0 Å². The highest BCUT2D eigenvalue weighted by Gasteiger charge is 2.22. The molecule has 0 spiro atoms. The van der Waals surface area contributed by atoms with Gasteiger partial charge in [0.1, 0.15) is 0 Å². The van der Waals surface area contributed by atoms with Crippen molar-refractivity contribution in [3.05, 3.63) is 0 Å². The van der Waals surface area contributed by atoms with Crippen LogP contribution in [0.15, 0.2) is 0 Å². The number of rotatable bonds is 1. The topological polar surface area (TPSA) is 38.7 Å². The van der Waals surface area contributed by atoms with E-state index in [-0.39, 0.29) is 13.0 Å². The summed E-state index contributed by atoms with van der Waals surface area (Å²) >= 11 is 0. The molecular weight excluding hydrogens is 240 g/mol. The van der Waals surface area contributed by atoms with Crippen molar-refractivity contribution in [1.82, 2.24) is 0 Å². The van der Waals surface area contributed by atoms with Crippen molar-refractivity contribution in [1.29, 1.82) is 0 Å². The first kappa shape index (κ1) is 12.6. The normalized spacial score (nSPS) is 19.3. The third-order valence-corrected chi connectivity index (χ3v) is 1.07. The Morgan fingerprint density at radius 2 is 1.00 bits per heavy atom. The van der Waals surface area contributed by atoms with Gasteiger partial charge in [0.15, 0.2) is 5.79 Å². The summed E-state index contributed by atoms with van der Waals surface area (Å²) in [6.45, 7) is 9.58. The minimum atomic E-state index is -2.69. The Morgan fingerprint density at radius 1 is 0.684 bits per heavy atom. The van der Waals surface area contributed by atoms with Gasteiger partial charge in [0, 0.05) is 8.22 Å². The Kier molecular flexibility index (Phi) is 5.05. The molecule has 120 valence electrons. The van der Waals surface area contributed by atoms with Gasteiger partial charge < -0.3 is 14.6 Å². The molecule has 0 aromatic rings. The van der Waals surface area contributed by atoms with E-state index in [9.17, 15) is 0 Å². The number of hydrogen-bond acceptors (Lipinski definition) is 3.